The van der Waals surface area contributed by atoms with Crippen LogP contribution in [0.2, 0.25) is 0 Å². The van der Waals surface area contributed by atoms with E-state index in [-0.39, 0.29) is 18.2 Å². The second-order valence-corrected chi connectivity index (χ2v) is 6.31. The number of fused-ring (bicyclic) bond motifs is 1. The standard InChI is InChI=1S/C18H25NO3/c1-13(2)18(22)19-11-5-7-15-12-14(9-10-16(15)19)6-3-4-8-17(20)21/h9-10,12-13H,3-8,11H2,1-2H3,(H,20,21). The first-order valence-corrected chi connectivity index (χ1v) is 8.14. The van der Waals surface area contributed by atoms with Gasteiger partial charge in [-0.3, -0.25) is 9.59 Å². The molecule has 0 saturated carbocycles. The fourth-order valence-corrected chi connectivity index (χ4v) is 2.95. The number of aliphatic carboxylic acids is 1. The Hall–Kier alpha value is -1.84. The Labute approximate surface area is 132 Å². The molecule has 1 aromatic rings. The number of hydrogen-bond acceptors (Lipinski definition) is 2. The lowest BCUT2D eigenvalue weighted by molar-refractivity contribution is -0.137. The van der Waals surface area contributed by atoms with E-state index in [0.29, 0.717) is 6.42 Å². The van der Waals surface area contributed by atoms with E-state index in [1.54, 1.807) is 0 Å². The third kappa shape index (κ3) is 4.09. The van der Waals surface area contributed by atoms with Crippen molar-refractivity contribution in [2.75, 3.05) is 11.4 Å². The van der Waals surface area contributed by atoms with Crippen LogP contribution in [0, 0.1) is 5.92 Å². The van der Waals surface area contributed by atoms with Crippen LogP contribution in [-0.4, -0.2) is 23.5 Å². The zero-order chi connectivity index (χ0) is 16.1. The second-order valence-electron chi connectivity index (χ2n) is 6.31. The number of anilines is 1. The van der Waals surface area contributed by atoms with Crippen molar-refractivity contribution in [3.8, 4) is 0 Å². The number of carboxylic acids is 1. The van der Waals surface area contributed by atoms with Crippen molar-refractivity contribution in [2.24, 2.45) is 5.92 Å². The highest BCUT2D eigenvalue weighted by Gasteiger charge is 2.24. The van der Waals surface area contributed by atoms with Gasteiger partial charge in [0, 0.05) is 24.6 Å². The third-order valence-corrected chi connectivity index (χ3v) is 4.13. The van der Waals surface area contributed by atoms with Crippen LogP contribution in [0.25, 0.3) is 0 Å². The summed E-state index contributed by atoms with van der Waals surface area (Å²) >= 11 is 0. The van der Waals surface area contributed by atoms with E-state index in [9.17, 15) is 9.59 Å². The molecule has 0 spiro atoms. The molecule has 0 aromatic heterocycles. The Morgan fingerprint density at radius 2 is 2.05 bits per heavy atom. The van der Waals surface area contributed by atoms with E-state index >= 15 is 0 Å². The molecule has 1 aromatic carbocycles. The van der Waals surface area contributed by atoms with Gasteiger partial charge in [-0.05, 0) is 49.3 Å². The summed E-state index contributed by atoms with van der Waals surface area (Å²) in [5, 5.41) is 8.66. The van der Waals surface area contributed by atoms with Gasteiger partial charge in [-0.2, -0.15) is 0 Å². The number of unbranched alkanes of at least 4 members (excludes halogenated alkanes) is 1. The van der Waals surface area contributed by atoms with Gasteiger partial charge >= 0.3 is 5.97 Å². The lowest BCUT2D eigenvalue weighted by Crippen LogP contribution is -2.38. The van der Waals surface area contributed by atoms with Crippen LogP contribution in [0.15, 0.2) is 18.2 Å². The van der Waals surface area contributed by atoms with E-state index in [4.69, 9.17) is 5.11 Å². The molecule has 2 rings (SSSR count). The smallest absolute Gasteiger partial charge is 0.303 e. The van der Waals surface area contributed by atoms with Gasteiger partial charge in [0.05, 0.1) is 0 Å². The number of aryl methyl sites for hydroxylation is 2. The van der Waals surface area contributed by atoms with Crippen LogP contribution in [0.4, 0.5) is 5.69 Å². The fraction of sp³-hybridized carbons (Fsp3) is 0.556. The molecular weight excluding hydrogens is 278 g/mol. The quantitative estimate of drug-likeness (QED) is 0.819. The molecule has 1 aliphatic heterocycles. The number of amides is 1. The summed E-state index contributed by atoms with van der Waals surface area (Å²) in [4.78, 5) is 24.7. The van der Waals surface area contributed by atoms with Gasteiger partial charge in [0.25, 0.3) is 0 Å². The van der Waals surface area contributed by atoms with Crippen LogP contribution in [0.5, 0.6) is 0 Å². The number of rotatable bonds is 6. The Morgan fingerprint density at radius 3 is 2.73 bits per heavy atom. The summed E-state index contributed by atoms with van der Waals surface area (Å²) in [6.07, 6.45) is 4.76. The highest BCUT2D eigenvalue weighted by molar-refractivity contribution is 5.95. The fourth-order valence-electron chi connectivity index (χ4n) is 2.95. The normalized spacial score (nSPS) is 14.0. The number of carbonyl (C=O) groups is 2. The van der Waals surface area contributed by atoms with E-state index < -0.39 is 5.97 Å². The van der Waals surface area contributed by atoms with Crippen molar-refractivity contribution in [2.45, 2.75) is 52.4 Å². The van der Waals surface area contributed by atoms with Gasteiger partial charge in [-0.15, -0.1) is 0 Å². The van der Waals surface area contributed by atoms with Crippen LogP contribution >= 0.6 is 0 Å². The average molecular weight is 303 g/mol. The number of carbonyl (C=O) groups excluding carboxylic acids is 1. The number of benzene rings is 1. The Bertz CT molecular complexity index is 551. The molecule has 120 valence electrons. The molecule has 1 heterocycles. The van der Waals surface area contributed by atoms with Crippen molar-refractivity contribution in [3.05, 3.63) is 29.3 Å². The lowest BCUT2D eigenvalue weighted by Gasteiger charge is -2.31. The summed E-state index contributed by atoms with van der Waals surface area (Å²) in [5.74, 6) is -0.523. The molecule has 0 aliphatic carbocycles. The summed E-state index contributed by atoms with van der Waals surface area (Å²) < 4.78 is 0. The first kappa shape index (κ1) is 16.5. The van der Waals surface area contributed by atoms with E-state index in [1.807, 2.05) is 18.7 Å². The van der Waals surface area contributed by atoms with Crippen LogP contribution in [0.3, 0.4) is 0 Å². The van der Waals surface area contributed by atoms with Crippen molar-refractivity contribution in [1.29, 1.82) is 0 Å². The highest BCUT2D eigenvalue weighted by atomic mass is 16.4. The van der Waals surface area contributed by atoms with Gasteiger partial charge < -0.3 is 10.0 Å². The van der Waals surface area contributed by atoms with E-state index in [0.717, 1.165) is 37.9 Å². The predicted molar refractivity (Wildman–Crippen MR) is 87.1 cm³/mol. The second kappa shape index (κ2) is 7.43. The van der Waals surface area contributed by atoms with Crippen molar-refractivity contribution < 1.29 is 14.7 Å². The summed E-state index contributed by atoms with van der Waals surface area (Å²) in [5.41, 5.74) is 3.54. The first-order valence-electron chi connectivity index (χ1n) is 8.14. The van der Waals surface area contributed by atoms with Crippen molar-refractivity contribution in [1.82, 2.24) is 0 Å². The topological polar surface area (TPSA) is 57.6 Å². The average Bonchev–Trinajstić information content (AvgIpc) is 2.49. The van der Waals surface area contributed by atoms with Crippen molar-refractivity contribution >= 4 is 17.6 Å². The Morgan fingerprint density at radius 1 is 1.27 bits per heavy atom. The van der Waals surface area contributed by atoms with Gasteiger partial charge in [0.15, 0.2) is 0 Å². The number of hydrogen-bond donors (Lipinski definition) is 1. The maximum absolute atomic E-state index is 12.3. The van der Waals surface area contributed by atoms with Crippen molar-refractivity contribution in [3.63, 3.8) is 0 Å². The molecule has 0 bridgehead atoms. The van der Waals surface area contributed by atoms with Gasteiger partial charge in [0.1, 0.15) is 0 Å². The molecule has 0 atom stereocenters. The molecule has 1 amide bonds. The van der Waals surface area contributed by atoms with Gasteiger partial charge in [-0.1, -0.05) is 26.0 Å². The molecule has 0 fully saturated rings. The Kier molecular flexibility index (Phi) is 5.58. The van der Waals surface area contributed by atoms with Gasteiger partial charge in [0.2, 0.25) is 5.91 Å². The Balaban J connectivity index is 2.04. The molecule has 4 heteroatoms. The molecule has 0 radical (unpaired) electrons. The third-order valence-electron chi connectivity index (χ3n) is 4.13. The highest BCUT2D eigenvalue weighted by Crippen LogP contribution is 2.29. The molecule has 0 unspecified atom stereocenters. The van der Waals surface area contributed by atoms with E-state index in [2.05, 4.69) is 18.2 Å². The van der Waals surface area contributed by atoms with Crippen LogP contribution in [0.1, 0.15) is 50.7 Å². The minimum Gasteiger partial charge on any atom is -0.481 e. The van der Waals surface area contributed by atoms with Gasteiger partial charge in [-0.25, -0.2) is 0 Å². The minimum absolute atomic E-state index is 0.0154. The zero-order valence-corrected chi connectivity index (χ0v) is 13.5. The van der Waals surface area contributed by atoms with Crippen LogP contribution < -0.4 is 4.90 Å². The van der Waals surface area contributed by atoms with E-state index in [1.165, 1.54) is 11.1 Å². The number of nitrogens with zero attached hydrogens (tertiary/aromatic N) is 1. The maximum Gasteiger partial charge on any atom is 0.303 e. The summed E-state index contributed by atoms with van der Waals surface area (Å²) in [6, 6.07) is 6.32. The summed E-state index contributed by atoms with van der Waals surface area (Å²) in [7, 11) is 0. The SMILES string of the molecule is CC(C)C(=O)N1CCCc2cc(CCCCC(=O)O)ccc21. The summed E-state index contributed by atoms with van der Waals surface area (Å²) in [6.45, 7) is 4.68. The van der Waals surface area contributed by atoms with Crippen LogP contribution in [-0.2, 0) is 22.4 Å². The molecule has 4 nitrogen and oxygen atoms in total. The number of carboxylic acid groups (broad SMARTS) is 1. The maximum atomic E-state index is 12.3. The largest absolute Gasteiger partial charge is 0.481 e. The predicted octanol–water partition coefficient (Wildman–Crippen LogP) is 3.42. The lowest BCUT2D eigenvalue weighted by atomic mass is 9.96. The molecule has 22 heavy (non-hydrogen) atoms. The molecule has 0 saturated heterocycles. The first-order chi connectivity index (χ1) is 10.5. The molecular formula is C18H25NO3. The molecule has 1 N–H and O–H groups in total. The minimum atomic E-state index is -0.728. The zero-order valence-electron chi connectivity index (χ0n) is 13.5. The molecule has 1 aliphatic rings. The monoisotopic (exact) mass is 303 g/mol.